The molecule has 33 heavy (non-hydrogen) atoms. The number of anilines is 1. The number of benzene rings is 2. The predicted octanol–water partition coefficient (Wildman–Crippen LogP) is 4.60. The second-order valence-corrected chi connectivity index (χ2v) is 9.23. The summed E-state index contributed by atoms with van der Waals surface area (Å²) in [6.07, 6.45) is 5.04. The molecule has 0 radical (unpaired) electrons. The lowest BCUT2D eigenvalue weighted by molar-refractivity contribution is 0.413. The van der Waals surface area contributed by atoms with Gasteiger partial charge in [0, 0.05) is 41.7 Å². The lowest BCUT2D eigenvalue weighted by atomic mass is 10.0. The molecule has 0 aliphatic carbocycles. The number of hydrogen-bond acceptors (Lipinski definition) is 6. The van der Waals surface area contributed by atoms with Gasteiger partial charge in [-0.05, 0) is 51.5 Å². The van der Waals surface area contributed by atoms with Gasteiger partial charge in [-0.3, -0.25) is 0 Å². The third-order valence-electron chi connectivity index (χ3n) is 5.70. The van der Waals surface area contributed by atoms with Crippen LogP contribution >= 0.6 is 0 Å². The van der Waals surface area contributed by atoms with E-state index in [1.807, 2.05) is 7.05 Å². The van der Waals surface area contributed by atoms with E-state index in [2.05, 4.69) is 88.7 Å². The molecule has 0 atom stereocenters. The number of fused-ring (bicyclic) bond motifs is 1. The monoisotopic (exact) mass is 438 g/mol. The van der Waals surface area contributed by atoms with Gasteiger partial charge < -0.3 is 10.3 Å². The molecule has 166 valence electrons. The predicted molar refractivity (Wildman–Crippen MR) is 130 cm³/mol. The summed E-state index contributed by atoms with van der Waals surface area (Å²) in [5.74, 6) is 1.96. The van der Waals surface area contributed by atoms with Gasteiger partial charge in [0.2, 0.25) is 5.95 Å². The highest BCUT2D eigenvalue weighted by Crippen LogP contribution is 2.37. The largest absolute Gasteiger partial charge is 0.368 e. The molecule has 2 N–H and O–H groups in total. The van der Waals surface area contributed by atoms with Crippen molar-refractivity contribution in [2.45, 2.75) is 33.2 Å². The van der Waals surface area contributed by atoms with Crippen LogP contribution in [0.1, 0.15) is 26.3 Å². The van der Waals surface area contributed by atoms with Crippen LogP contribution in [0.2, 0.25) is 0 Å². The van der Waals surface area contributed by atoms with E-state index in [-0.39, 0.29) is 11.5 Å². The summed E-state index contributed by atoms with van der Waals surface area (Å²) in [4.78, 5) is 17.9. The smallest absolute Gasteiger partial charge is 0.219 e. The van der Waals surface area contributed by atoms with Gasteiger partial charge in [-0.2, -0.15) is 5.10 Å². The highest BCUT2D eigenvalue weighted by molar-refractivity contribution is 5.88. The maximum absolute atomic E-state index is 5.66. The second-order valence-electron chi connectivity index (χ2n) is 9.23. The molecular formula is C25H26N8. The lowest BCUT2D eigenvalue weighted by Gasteiger charge is -2.25. The molecule has 0 spiro atoms. The Morgan fingerprint density at radius 2 is 1.61 bits per heavy atom. The Morgan fingerprint density at radius 3 is 2.27 bits per heavy atom. The summed E-state index contributed by atoms with van der Waals surface area (Å²) in [5.41, 5.74) is 12.5. The molecule has 5 aromatic rings. The second kappa shape index (κ2) is 7.51. The molecular weight excluding hydrogens is 412 g/mol. The minimum atomic E-state index is -0.198. The van der Waals surface area contributed by atoms with Crippen molar-refractivity contribution in [1.29, 1.82) is 0 Å². The van der Waals surface area contributed by atoms with Crippen LogP contribution in [-0.2, 0) is 12.6 Å². The zero-order chi connectivity index (χ0) is 23.3. The van der Waals surface area contributed by atoms with Crippen LogP contribution < -0.4 is 5.73 Å². The van der Waals surface area contributed by atoms with Crippen molar-refractivity contribution in [3.63, 3.8) is 0 Å². The van der Waals surface area contributed by atoms with E-state index >= 15 is 0 Å². The molecule has 0 saturated heterocycles. The minimum Gasteiger partial charge on any atom is -0.368 e. The molecule has 0 aliphatic rings. The van der Waals surface area contributed by atoms with Crippen LogP contribution in [0.4, 0.5) is 5.95 Å². The van der Waals surface area contributed by atoms with E-state index in [1.54, 1.807) is 23.4 Å². The molecule has 0 fully saturated rings. The first-order valence-electron chi connectivity index (χ1n) is 10.8. The maximum Gasteiger partial charge on any atom is 0.219 e. The first-order valence-corrected chi connectivity index (χ1v) is 10.8. The molecule has 0 amide bonds. The summed E-state index contributed by atoms with van der Waals surface area (Å²) in [5, 5.41) is 4.27. The average Bonchev–Trinajstić information content (AvgIpc) is 3.37. The standard InChI is InChI=1S/C25H26N8/c1-15-6-8-18(22-29-14-30-32(22)5)19(10-15)23-31-20-11-16(17-12-27-24(26)28-13-17)7-9-21(20)33(23)25(2,3)4/h6-14H,1-5H3,(H2,26,27,28). The topological polar surface area (TPSA) is 100 Å². The van der Waals surface area contributed by atoms with Gasteiger partial charge in [-0.1, -0.05) is 23.8 Å². The van der Waals surface area contributed by atoms with Gasteiger partial charge in [0.05, 0.1) is 11.0 Å². The van der Waals surface area contributed by atoms with Crippen molar-refractivity contribution >= 4 is 17.0 Å². The number of aryl methyl sites for hydroxylation is 2. The van der Waals surface area contributed by atoms with Gasteiger partial charge in [-0.15, -0.1) is 0 Å². The summed E-state index contributed by atoms with van der Waals surface area (Å²) < 4.78 is 4.08. The third kappa shape index (κ3) is 3.63. The Bertz CT molecular complexity index is 1470. The lowest BCUT2D eigenvalue weighted by Crippen LogP contribution is -2.22. The minimum absolute atomic E-state index is 0.198. The van der Waals surface area contributed by atoms with Crippen LogP contribution in [-0.4, -0.2) is 34.3 Å². The van der Waals surface area contributed by atoms with E-state index in [4.69, 9.17) is 10.7 Å². The Hall–Kier alpha value is -4.07. The first-order chi connectivity index (χ1) is 15.7. The van der Waals surface area contributed by atoms with Crippen molar-refractivity contribution in [2.75, 3.05) is 5.73 Å². The van der Waals surface area contributed by atoms with Crippen molar-refractivity contribution < 1.29 is 0 Å². The van der Waals surface area contributed by atoms with Crippen LogP contribution in [0, 0.1) is 6.92 Å². The highest BCUT2D eigenvalue weighted by Gasteiger charge is 2.25. The number of hydrogen-bond donors (Lipinski definition) is 1. The zero-order valence-electron chi connectivity index (χ0n) is 19.4. The van der Waals surface area contributed by atoms with Gasteiger partial charge >= 0.3 is 0 Å². The Morgan fingerprint density at radius 1 is 0.848 bits per heavy atom. The molecule has 0 aliphatic heterocycles. The molecule has 8 nitrogen and oxygen atoms in total. The van der Waals surface area contributed by atoms with Crippen molar-refractivity contribution in [3.8, 4) is 33.9 Å². The van der Waals surface area contributed by atoms with E-state index in [9.17, 15) is 0 Å². The highest BCUT2D eigenvalue weighted by atomic mass is 15.3. The third-order valence-corrected chi connectivity index (χ3v) is 5.70. The Balaban J connectivity index is 1.78. The van der Waals surface area contributed by atoms with Gasteiger partial charge in [-0.25, -0.2) is 24.6 Å². The Labute approximate surface area is 192 Å². The summed E-state index contributed by atoms with van der Waals surface area (Å²) in [7, 11) is 1.90. The maximum atomic E-state index is 5.66. The molecule has 8 heteroatoms. The number of rotatable bonds is 3. The molecule has 5 rings (SSSR count). The van der Waals surface area contributed by atoms with Crippen molar-refractivity contribution in [3.05, 3.63) is 60.7 Å². The molecule has 0 unspecified atom stereocenters. The zero-order valence-corrected chi connectivity index (χ0v) is 19.4. The van der Waals surface area contributed by atoms with Crippen LogP contribution in [0.25, 0.3) is 44.9 Å². The molecule has 2 aromatic carbocycles. The van der Waals surface area contributed by atoms with Crippen LogP contribution in [0.3, 0.4) is 0 Å². The fourth-order valence-electron chi connectivity index (χ4n) is 4.18. The number of imidazole rings is 1. The number of nitrogens with two attached hydrogens (primary N) is 1. The number of nitrogen functional groups attached to an aromatic ring is 1. The molecule has 3 heterocycles. The van der Waals surface area contributed by atoms with E-state index in [0.717, 1.165) is 50.5 Å². The normalized spacial score (nSPS) is 11.9. The van der Waals surface area contributed by atoms with Crippen molar-refractivity contribution in [1.82, 2.24) is 34.3 Å². The average molecular weight is 439 g/mol. The quantitative estimate of drug-likeness (QED) is 0.442. The summed E-state index contributed by atoms with van der Waals surface area (Å²) in [6, 6.07) is 12.6. The van der Waals surface area contributed by atoms with Gasteiger partial charge in [0.25, 0.3) is 0 Å². The summed E-state index contributed by atoms with van der Waals surface area (Å²) in [6.45, 7) is 8.67. The number of nitrogens with zero attached hydrogens (tertiary/aromatic N) is 7. The van der Waals surface area contributed by atoms with Crippen LogP contribution in [0.5, 0.6) is 0 Å². The SMILES string of the molecule is Cc1ccc(-c2ncnn2C)c(-c2nc3cc(-c4cnc(N)nc4)ccc3n2C(C)(C)C)c1. The van der Waals surface area contributed by atoms with E-state index in [1.165, 1.54) is 0 Å². The van der Waals surface area contributed by atoms with Crippen molar-refractivity contribution in [2.24, 2.45) is 7.05 Å². The van der Waals surface area contributed by atoms with Gasteiger partial charge in [0.15, 0.2) is 5.82 Å². The first kappa shape index (κ1) is 20.8. The molecule has 3 aromatic heterocycles. The summed E-state index contributed by atoms with van der Waals surface area (Å²) >= 11 is 0. The molecule has 0 bridgehead atoms. The van der Waals surface area contributed by atoms with Crippen LogP contribution in [0.15, 0.2) is 55.1 Å². The van der Waals surface area contributed by atoms with E-state index in [0.29, 0.717) is 0 Å². The number of aromatic nitrogens is 7. The van der Waals surface area contributed by atoms with Gasteiger partial charge in [0.1, 0.15) is 12.2 Å². The fraction of sp³-hybridized carbons (Fsp3) is 0.240. The fourth-order valence-corrected chi connectivity index (χ4v) is 4.18. The molecule has 0 saturated carbocycles. The van der Waals surface area contributed by atoms with E-state index < -0.39 is 0 Å². The Kier molecular flexibility index (Phi) is 4.74.